The molecule has 0 fully saturated rings. The molecule has 0 aliphatic rings. The number of hydrogen-bond donors (Lipinski definition) is 3. The van der Waals surface area contributed by atoms with Gasteiger partial charge in [0.2, 0.25) is 0 Å². The summed E-state index contributed by atoms with van der Waals surface area (Å²) in [4.78, 5) is 72.6. The molecule has 19 heteroatoms. The first-order chi connectivity index (χ1) is 43.2. The largest absolute Gasteiger partial charge is 0.472 e. The number of rotatable bonds is 68. The molecular formula is C71H138O17P2. The van der Waals surface area contributed by atoms with Crippen molar-refractivity contribution >= 4 is 39.5 Å². The first-order valence-electron chi connectivity index (χ1n) is 36.8. The molecule has 4 unspecified atom stereocenters. The Balaban J connectivity index is 5.26. The van der Waals surface area contributed by atoms with E-state index in [1.807, 2.05) is 0 Å². The molecule has 0 aliphatic heterocycles. The molecule has 17 nitrogen and oxygen atoms in total. The molecule has 0 saturated carbocycles. The zero-order chi connectivity index (χ0) is 66.8. The summed E-state index contributed by atoms with van der Waals surface area (Å²) in [5.74, 6) is 0.905. The third kappa shape index (κ3) is 62.2. The number of unbranched alkanes of at least 4 members (excludes halogenated alkanes) is 32. The molecular weight excluding hydrogens is 1190 g/mol. The Hall–Kier alpha value is -1.94. The third-order valence-electron chi connectivity index (χ3n) is 17.0. The van der Waals surface area contributed by atoms with E-state index in [-0.39, 0.29) is 25.7 Å². The molecule has 0 aromatic rings. The summed E-state index contributed by atoms with van der Waals surface area (Å²) in [6.07, 6.45) is 43.0. The van der Waals surface area contributed by atoms with Crippen molar-refractivity contribution in [3.63, 3.8) is 0 Å². The Morgan fingerprint density at radius 3 is 0.789 bits per heavy atom. The number of carbonyl (C=O) groups is 4. The quantitative estimate of drug-likeness (QED) is 0.0222. The predicted molar refractivity (Wildman–Crippen MR) is 363 cm³/mol. The molecule has 0 spiro atoms. The molecule has 3 N–H and O–H groups in total. The van der Waals surface area contributed by atoms with Gasteiger partial charge in [-0.25, -0.2) is 9.13 Å². The lowest BCUT2D eigenvalue weighted by atomic mass is 9.99. The smallest absolute Gasteiger partial charge is 0.462 e. The molecule has 0 aromatic carbocycles. The number of phosphoric acid groups is 2. The number of aliphatic hydroxyl groups is 1. The molecule has 0 aromatic heterocycles. The maximum atomic E-state index is 13.0. The fraction of sp³-hybridized carbons (Fsp3) is 0.944. The highest BCUT2D eigenvalue weighted by Gasteiger charge is 2.30. The fourth-order valence-corrected chi connectivity index (χ4v) is 12.2. The highest BCUT2D eigenvalue weighted by Crippen LogP contribution is 2.45. The minimum atomic E-state index is -4.95. The summed E-state index contributed by atoms with van der Waals surface area (Å²) in [7, 11) is -9.91. The topological polar surface area (TPSA) is 237 Å². The average Bonchev–Trinajstić information content (AvgIpc) is 3.64. The van der Waals surface area contributed by atoms with Gasteiger partial charge in [0, 0.05) is 25.7 Å². The van der Waals surface area contributed by atoms with Crippen molar-refractivity contribution in [2.75, 3.05) is 39.6 Å². The van der Waals surface area contributed by atoms with Crippen molar-refractivity contribution < 1.29 is 80.2 Å². The van der Waals surface area contributed by atoms with Crippen molar-refractivity contribution in [1.82, 2.24) is 0 Å². The highest BCUT2D eigenvalue weighted by molar-refractivity contribution is 7.47. The van der Waals surface area contributed by atoms with Gasteiger partial charge in [-0.15, -0.1) is 0 Å². The Morgan fingerprint density at radius 2 is 0.533 bits per heavy atom. The van der Waals surface area contributed by atoms with Crippen LogP contribution in [0.1, 0.15) is 351 Å². The van der Waals surface area contributed by atoms with E-state index in [0.29, 0.717) is 25.7 Å². The van der Waals surface area contributed by atoms with Crippen LogP contribution in [0.5, 0.6) is 0 Å². The van der Waals surface area contributed by atoms with Crippen LogP contribution in [-0.4, -0.2) is 96.7 Å². The Kier molecular flexibility index (Phi) is 59.4. The van der Waals surface area contributed by atoms with Crippen molar-refractivity contribution in [1.29, 1.82) is 0 Å². The zero-order valence-electron chi connectivity index (χ0n) is 58.8. The van der Waals surface area contributed by atoms with Gasteiger partial charge in [-0.05, 0) is 49.4 Å². The maximum absolute atomic E-state index is 13.0. The lowest BCUT2D eigenvalue weighted by molar-refractivity contribution is -0.161. The molecule has 0 aliphatic carbocycles. The van der Waals surface area contributed by atoms with Crippen molar-refractivity contribution in [2.24, 2.45) is 23.7 Å². The van der Waals surface area contributed by atoms with Crippen molar-refractivity contribution in [3.05, 3.63) is 0 Å². The first-order valence-corrected chi connectivity index (χ1v) is 39.8. The minimum Gasteiger partial charge on any atom is -0.462 e. The molecule has 90 heavy (non-hydrogen) atoms. The summed E-state index contributed by atoms with van der Waals surface area (Å²) in [5.41, 5.74) is 0. The average molecular weight is 1330 g/mol. The molecule has 534 valence electrons. The predicted octanol–water partition coefficient (Wildman–Crippen LogP) is 20.1. The Morgan fingerprint density at radius 1 is 0.311 bits per heavy atom. The van der Waals surface area contributed by atoms with Crippen LogP contribution < -0.4 is 0 Å². The highest BCUT2D eigenvalue weighted by atomic mass is 31.2. The lowest BCUT2D eigenvalue weighted by Crippen LogP contribution is -2.30. The molecule has 0 bridgehead atoms. The van der Waals surface area contributed by atoms with Gasteiger partial charge >= 0.3 is 39.5 Å². The van der Waals surface area contributed by atoms with Gasteiger partial charge in [-0.3, -0.25) is 37.3 Å². The van der Waals surface area contributed by atoms with Gasteiger partial charge in [-0.1, -0.05) is 299 Å². The van der Waals surface area contributed by atoms with Crippen LogP contribution in [0.25, 0.3) is 0 Å². The molecule has 0 heterocycles. The number of phosphoric ester groups is 2. The molecule has 0 saturated heterocycles. The van der Waals surface area contributed by atoms with E-state index in [0.717, 1.165) is 120 Å². The third-order valence-corrected chi connectivity index (χ3v) is 18.9. The monoisotopic (exact) mass is 1320 g/mol. The standard InChI is InChI=1S/C71H138O17P2/c1-9-63(7)49-41-33-25-21-22-28-38-46-54-71(76)88-66(57-81-68(73)51-43-35-26-19-14-12-11-13-17-23-31-39-47-61(3)4)59-85-89(77,78)83-55-65(72)56-84-90(79,80)86-60-67(58-82-69(74)52-44-36-30-29-34-42-50-64(8)10-2)87-70(75)53-45-37-27-20-16-15-18-24-32-40-48-62(5)6/h61-67,72H,9-60H2,1-8H3,(H,77,78)(H,79,80)/t63?,64?,65-,66-,67-/m1/s1. The first kappa shape index (κ1) is 88.1. The van der Waals surface area contributed by atoms with Gasteiger partial charge in [0.1, 0.15) is 19.3 Å². The maximum Gasteiger partial charge on any atom is 0.472 e. The van der Waals surface area contributed by atoms with E-state index in [1.54, 1.807) is 0 Å². The van der Waals surface area contributed by atoms with Gasteiger partial charge in [-0.2, -0.15) is 0 Å². The number of aliphatic hydroxyl groups excluding tert-OH is 1. The van der Waals surface area contributed by atoms with Gasteiger partial charge in [0.05, 0.1) is 26.4 Å². The van der Waals surface area contributed by atoms with E-state index in [2.05, 4.69) is 55.4 Å². The molecule has 7 atom stereocenters. The summed E-state index contributed by atoms with van der Waals surface area (Å²) in [6, 6.07) is 0. The van der Waals surface area contributed by atoms with Crippen LogP contribution in [0, 0.1) is 23.7 Å². The SMILES string of the molecule is CCC(C)CCCCCCCCCCC(=O)O[C@H](COC(=O)CCCCCCCCCCCCCCC(C)C)COP(=O)(O)OC[C@@H](O)COP(=O)(O)OC[C@@H](COC(=O)CCCCCCCCC(C)CC)OC(=O)CCCCCCCCCCCCC(C)C. The van der Waals surface area contributed by atoms with E-state index < -0.39 is 97.5 Å². The Bertz CT molecular complexity index is 1790. The minimum absolute atomic E-state index is 0.104. The second-order valence-corrected chi connectivity index (χ2v) is 30.0. The summed E-state index contributed by atoms with van der Waals surface area (Å²) in [6.45, 7) is 14.1. The van der Waals surface area contributed by atoms with Crippen LogP contribution in [0.4, 0.5) is 0 Å². The fourth-order valence-electron chi connectivity index (χ4n) is 10.6. The van der Waals surface area contributed by atoms with Crippen LogP contribution in [-0.2, 0) is 65.4 Å². The zero-order valence-corrected chi connectivity index (χ0v) is 60.6. The van der Waals surface area contributed by atoms with Crippen LogP contribution in [0.3, 0.4) is 0 Å². The van der Waals surface area contributed by atoms with Crippen LogP contribution in [0.15, 0.2) is 0 Å². The van der Waals surface area contributed by atoms with Crippen LogP contribution >= 0.6 is 15.6 Å². The molecule has 0 radical (unpaired) electrons. The number of esters is 4. The summed E-state index contributed by atoms with van der Waals surface area (Å²) in [5, 5.41) is 10.6. The van der Waals surface area contributed by atoms with E-state index >= 15 is 0 Å². The number of carbonyl (C=O) groups excluding carboxylic acids is 4. The number of ether oxygens (including phenoxy) is 4. The molecule has 0 rings (SSSR count). The van der Waals surface area contributed by atoms with E-state index in [4.69, 9.17) is 37.0 Å². The van der Waals surface area contributed by atoms with Crippen molar-refractivity contribution in [2.45, 2.75) is 369 Å². The second-order valence-electron chi connectivity index (χ2n) is 27.1. The Labute approximate surface area is 549 Å². The van der Waals surface area contributed by atoms with Gasteiger partial charge < -0.3 is 33.8 Å². The van der Waals surface area contributed by atoms with Gasteiger partial charge in [0.25, 0.3) is 0 Å². The van der Waals surface area contributed by atoms with Crippen molar-refractivity contribution in [3.8, 4) is 0 Å². The summed E-state index contributed by atoms with van der Waals surface area (Å²) >= 11 is 0. The van der Waals surface area contributed by atoms with Crippen LogP contribution in [0.2, 0.25) is 0 Å². The van der Waals surface area contributed by atoms with E-state index in [1.165, 1.54) is 148 Å². The normalized spacial score (nSPS) is 14.9. The van der Waals surface area contributed by atoms with Gasteiger partial charge in [0.15, 0.2) is 12.2 Å². The molecule has 0 amide bonds. The second kappa shape index (κ2) is 60.7. The van der Waals surface area contributed by atoms with E-state index in [9.17, 15) is 43.2 Å². The summed E-state index contributed by atoms with van der Waals surface area (Å²) < 4.78 is 68.3. The number of hydrogen-bond acceptors (Lipinski definition) is 15. The lowest BCUT2D eigenvalue weighted by Gasteiger charge is -2.21.